The molecule has 2 rings (SSSR count). The summed E-state index contributed by atoms with van der Waals surface area (Å²) in [6.45, 7) is 4.61. The maximum absolute atomic E-state index is 11.7. The lowest BCUT2D eigenvalue weighted by Crippen LogP contribution is -2.55. The molecule has 3 nitrogen and oxygen atoms in total. The van der Waals surface area contributed by atoms with Crippen molar-refractivity contribution in [3.05, 3.63) is 33.8 Å². The second-order valence-electron chi connectivity index (χ2n) is 5.58. The van der Waals surface area contributed by atoms with Crippen LogP contribution in [-0.4, -0.2) is 28.1 Å². The summed E-state index contributed by atoms with van der Waals surface area (Å²) < 4.78 is 0. The number of nitrogens with zero attached hydrogens (tertiary/aromatic N) is 1. The van der Waals surface area contributed by atoms with Crippen molar-refractivity contribution in [2.45, 2.75) is 44.7 Å². The summed E-state index contributed by atoms with van der Waals surface area (Å²) in [4.78, 5) is 13.7. The van der Waals surface area contributed by atoms with Crippen molar-refractivity contribution >= 4 is 29.2 Å². The van der Waals surface area contributed by atoms with E-state index in [0.29, 0.717) is 16.5 Å². The number of rotatable bonds is 3. The van der Waals surface area contributed by atoms with Crippen LogP contribution in [0.1, 0.15) is 44.7 Å². The Labute approximate surface area is 129 Å². The second kappa shape index (κ2) is 5.92. The van der Waals surface area contributed by atoms with E-state index in [1.165, 1.54) is 0 Å². The van der Waals surface area contributed by atoms with E-state index in [1.807, 2.05) is 26.0 Å². The van der Waals surface area contributed by atoms with E-state index >= 15 is 0 Å². The molecule has 0 aliphatic carbocycles. The molecule has 20 heavy (non-hydrogen) atoms. The molecule has 1 heterocycles. The highest BCUT2D eigenvalue weighted by molar-refractivity contribution is 6.42. The zero-order chi connectivity index (χ0) is 14.9. The molecule has 1 aliphatic heterocycles. The molecule has 0 aromatic heterocycles. The maximum Gasteiger partial charge on any atom is 0.323 e. The molecule has 1 aromatic rings. The van der Waals surface area contributed by atoms with E-state index in [0.717, 1.165) is 24.9 Å². The first-order valence-electron chi connectivity index (χ1n) is 6.81. The van der Waals surface area contributed by atoms with E-state index in [4.69, 9.17) is 23.2 Å². The maximum atomic E-state index is 11.7. The van der Waals surface area contributed by atoms with Gasteiger partial charge in [0.05, 0.1) is 10.0 Å². The summed E-state index contributed by atoms with van der Waals surface area (Å²) in [7, 11) is 0. The zero-order valence-corrected chi connectivity index (χ0v) is 13.2. The van der Waals surface area contributed by atoms with Gasteiger partial charge < -0.3 is 5.11 Å². The van der Waals surface area contributed by atoms with Crippen LogP contribution in [0.5, 0.6) is 0 Å². The van der Waals surface area contributed by atoms with Gasteiger partial charge in [0.25, 0.3) is 0 Å². The van der Waals surface area contributed by atoms with Gasteiger partial charge in [-0.1, -0.05) is 29.3 Å². The van der Waals surface area contributed by atoms with Gasteiger partial charge in [-0.25, -0.2) is 0 Å². The molecule has 0 bridgehead atoms. The van der Waals surface area contributed by atoms with Gasteiger partial charge in [0.2, 0.25) is 0 Å². The Morgan fingerprint density at radius 3 is 2.65 bits per heavy atom. The first-order valence-corrected chi connectivity index (χ1v) is 7.57. The van der Waals surface area contributed by atoms with Crippen LogP contribution in [0.15, 0.2) is 18.2 Å². The smallest absolute Gasteiger partial charge is 0.323 e. The summed E-state index contributed by atoms with van der Waals surface area (Å²) in [5.41, 5.74) is 0.179. The number of hydrogen-bond acceptors (Lipinski definition) is 2. The van der Waals surface area contributed by atoms with Gasteiger partial charge in [0.15, 0.2) is 0 Å². The fourth-order valence-corrected chi connectivity index (χ4v) is 3.25. The number of hydrogen-bond donors (Lipinski definition) is 1. The lowest BCUT2D eigenvalue weighted by Gasteiger charge is -2.45. The molecule has 1 aliphatic rings. The van der Waals surface area contributed by atoms with Gasteiger partial charge in [-0.2, -0.15) is 0 Å². The lowest BCUT2D eigenvalue weighted by molar-refractivity contribution is -0.155. The number of piperidine rings is 1. The Bertz CT molecular complexity index is 521. The lowest BCUT2D eigenvalue weighted by atomic mass is 9.86. The van der Waals surface area contributed by atoms with E-state index < -0.39 is 11.5 Å². The van der Waals surface area contributed by atoms with Crippen molar-refractivity contribution in [3.63, 3.8) is 0 Å². The molecule has 0 amide bonds. The summed E-state index contributed by atoms with van der Waals surface area (Å²) in [5, 5.41) is 10.6. The van der Waals surface area contributed by atoms with E-state index in [2.05, 4.69) is 4.90 Å². The number of carbonyl (C=O) groups is 1. The quantitative estimate of drug-likeness (QED) is 0.899. The van der Waals surface area contributed by atoms with Crippen LogP contribution >= 0.6 is 23.2 Å². The normalized spacial score (nSPS) is 25.4. The molecule has 1 N–H and O–H groups in total. The van der Waals surface area contributed by atoms with Gasteiger partial charge in [-0.05, 0) is 57.4 Å². The molecule has 0 saturated carbocycles. The first-order chi connectivity index (χ1) is 9.36. The molecule has 0 spiro atoms. The summed E-state index contributed by atoms with van der Waals surface area (Å²) in [6.07, 6.45) is 2.65. The number of carboxylic acid groups (broad SMARTS) is 1. The molecule has 110 valence electrons. The third-order valence-corrected chi connectivity index (χ3v) is 5.04. The van der Waals surface area contributed by atoms with Gasteiger partial charge in [-0.3, -0.25) is 9.69 Å². The SMILES string of the molecule is CC(c1ccc(Cl)c(Cl)c1)N1CCCCC1(C)C(=O)O. The van der Waals surface area contributed by atoms with E-state index in [-0.39, 0.29) is 6.04 Å². The van der Waals surface area contributed by atoms with Crippen LogP contribution in [0.3, 0.4) is 0 Å². The van der Waals surface area contributed by atoms with Crippen molar-refractivity contribution in [3.8, 4) is 0 Å². The Morgan fingerprint density at radius 2 is 2.05 bits per heavy atom. The fourth-order valence-electron chi connectivity index (χ4n) is 2.94. The van der Waals surface area contributed by atoms with Crippen LogP contribution in [-0.2, 0) is 4.79 Å². The van der Waals surface area contributed by atoms with Crippen molar-refractivity contribution in [1.82, 2.24) is 4.90 Å². The molecular formula is C15H19Cl2NO2. The molecule has 5 heteroatoms. The van der Waals surface area contributed by atoms with Crippen LogP contribution in [0.2, 0.25) is 10.0 Å². The average molecular weight is 316 g/mol. The monoisotopic (exact) mass is 315 g/mol. The van der Waals surface area contributed by atoms with Crippen molar-refractivity contribution < 1.29 is 9.90 Å². The minimum Gasteiger partial charge on any atom is -0.480 e. The molecule has 2 atom stereocenters. The summed E-state index contributed by atoms with van der Waals surface area (Å²) in [5.74, 6) is -0.760. The van der Waals surface area contributed by atoms with Crippen LogP contribution in [0.4, 0.5) is 0 Å². The second-order valence-corrected chi connectivity index (χ2v) is 6.39. The van der Waals surface area contributed by atoms with Gasteiger partial charge in [0, 0.05) is 6.04 Å². The first kappa shape index (κ1) is 15.6. The molecular weight excluding hydrogens is 297 g/mol. The predicted octanol–water partition coefficient (Wildman–Crippen LogP) is 4.38. The van der Waals surface area contributed by atoms with Crippen LogP contribution in [0, 0.1) is 0 Å². The van der Waals surface area contributed by atoms with Crippen molar-refractivity contribution in [2.75, 3.05) is 6.54 Å². The van der Waals surface area contributed by atoms with E-state index in [9.17, 15) is 9.90 Å². The standard InChI is InChI=1S/C15H19Cl2NO2/c1-10(11-5-6-12(16)13(17)9-11)18-8-4-3-7-15(18,2)14(19)20/h5-6,9-10H,3-4,7-8H2,1-2H3,(H,19,20). The Kier molecular flexibility index (Phi) is 4.62. The Hall–Kier alpha value is -0.770. The average Bonchev–Trinajstić information content (AvgIpc) is 2.41. The Morgan fingerprint density at radius 1 is 1.35 bits per heavy atom. The number of aliphatic carboxylic acids is 1. The van der Waals surface area contributed by atoms with Crippen LogP contribution < -0.4 is 0 Å². The number of likely N-dealkylation sites (tertiary alicyclic amines) is 1. The minimum atomic E-state index is -0.816. The number of carboxylic acids is 1. The third kappa shape index (κ3) is 2.80. The van der Waals surface area contributed by atoms with Crippen molar-refractivity contribution in [1.29, 1.82) is 0 Å². The molecule has 1 aromatic carbocycles. The van der Waals surface area contributed by atoms with Gasteiger partial charge in [-0.15, -0.1) is 0 Å². The fraction of sp³-hybridized carbons (Fsp3) is 0.533. The predicted molar refractivity (Wildman–Crippen MR) is 81.5 cm³/mol. The third-order valence-electron chi connectivity index (χ3n) is 4.30. The highest BCUT2D eigenvalue weighted by atomic mass is 35.5. The van der Waals surface area contributed by atoms with Gasteiger partial charge in [0.1, 0.15) is 5.54 Å². The highest BCUT2D eigenvalue weighted by Crippen LogP contribution is 2.37. The molecule has 1 fully saturated rings. The van der Waals surface area contributed by atoms with Gasteiger partial charge >= 0.3 is 5.97 Å². The number of benzene rings is 1. The van der Waals surface area contributed by atoms with E-state index in [1.54, 1.807) is 6.07 Å². The summed E-state index contributed by atoms with van der Waals surface area (Å²) in [6, 6.07) is 5.49. The highest BCUT2D eigenvalue weighted by Gasteiger charge is 2.43. The number of halogens is 2. The zero-order valence-electron chi connectivity index (χ0n) is 11.7. The van der Waals surface area contributed by atoms with Crippen LogP contribution in [0.25, 0.3) is 0 Å². The van der Waals surface area contributed by atoms with Crippen molar-refractivity contribution in [2.24, 2.45) is 0 Å². The largest absolute Gasteiger partial charge is 0.480 e. The topological polar surface area (TPSA) is 40.5 Å². The summed E-state index contributed by atoms with van der Waals surface area (Å²) >= 11 is 12.0. The molecule has 0 radical (unpaired) electrons. The minimum absolute atomic E-state index is 0.00818. The molecule has 2 unspecified atom stereocenters. The Balaban J connectivity index is 2.32. The molecule has 1 saturated heterocycles.